The molecule has 94 valence electrons. The Kier molecular flexibility index (Phi) is 5.56. The van der Waals surface area contributed by atoms with Crippen LogP contribution in [-0.4, -0.2) is 46.0 Å². The minimum absolute atomic E-state index is 0.779. The SMILES string of the molecule is CNCCN(C)[P+](=O)c1ccc(N(C)C)cc1. The van der Waals surface area contributed by atoms with Gasteiger partial charge in [0, 0.05) is 33.4 Å². The van der Waals surface area contributed by atoms with Crippen LogP contribution in [0.25, 0.3) is 0 Å². The topological polar surface area (TPSA) is 35.6 Å². The summed E-state index contributed by atoms with van der Waals surface area (Å²) in [6.45, 7) is 1.62. The van der Waals surface area contributed by atoms with Crippen LogP contribution >= 0.6 is 7.95 Å². The van der Waals surface area contributed by atoms with E-state index in [-0.39, 0.29) is 0 Å². The Morgan fingerprint density at radius 1 is 1.18 bits per heavy atom. The number of benzene rings is 1. The van der Waals surface area contributed by atoms with Crippen molar-refractivity contribution in [3.8, 4) is 0 Å². The summed E-state index contributed by atoms with van der Waals surface area (Å²) in [4.78, 5) is 2.03. The molecule has 0 aliphatic rings. The van der Waals surface area contributed by atoms with Gasteiger partial charge in [0.25, 0.3) is 0 Å². The highest BCUT2D eigenvalue weighted by Gasteiger charge is 2.26. The van der Waals surface area contributed by atoms with Crippen LogP contribution in [0.4, 0.5) is 5.69 Å². The van der Waals surface area contributed by atoms with E-state index in [2.05, 4.69) is 5.32 Å². The van der Waals surface area contributed by atoms with Crippen LogP contribution < -0.4 is 15.5 Å². The fraction of sp³-hybridized carbons (Fsp3) is 0.500. The Bertz CT molecular complexity index is 365. The summed E-state index contributed by atoms with van der Waals surface area (Å²) >= 11 is 0. The molecular weight excluding hydrogens is 233 g/mol. The zero-order valence-electron chi connectivity index (χ0n) is 11.0. The predicted molar refractivity (Wildman–Crippen MR) is 74.6 cm³/mol. The van der Waals surface area contributed by atoms with E-state index in [0.29, 0.717) is 0 Å². The number of likely N-dealkylation sites (N-methyl/N-ethyl adjacent to an activating group) is 2. The molecule has 0 saturated heterocycles. The molecule has 0 spiro atoms. The smallest absolute Gasteiger partial charge is 0.378 e. The van der Waals surface area contributed by atoms with Gasteiger partial charge in [-0.25, -0.2) is 0 Å². The van der Waals surface area contributed by atoms with Crippen molar-refractivity contribution < 1.29 is 4.57 Å². The molecule has 17 heavy (non-hydrogen) atoms. The molecule has 1 rings (SSSR count). The summed E-state index contributed by atoms with van der Waals surface area (Å²) in [7, 11) is 6.31. The number of rotatable bonds is 6. The summed E-state index contributed by atoms with van der Waals surface area (Å²) in [6, 6.07) is 7.86. The molecular formula is C12H21N3OP+. The molecule has 0 aliphatic carbocycles. The predicted octanol–water partition coefficient (Wildman–Crippen LogP) is 1.27. The number of anilines is 1. The van der Waals surface area contributed by atoms with Gasteiger partial charge in [-0.15, -0.1) is 0 Å². The average molecular weight is 254 g/mol. The first-order valence-electron chi connectivity index (χ1n) is 5.66. The van der Waals surface area contributed by atoms with Crippen molar-refractivity contribution in [1.29, 1.82) is 0 Å². The zero-order chi connectivity index (χ0) is 12.8. The molecule has 0 bridgehead atoms. The minimum atomic E-state index is -1.46. The van der Waals surface area contributed by atoms with Gasteiger partial charge in [0.1, 0.15) is 0 Å². The molecule has 0 heterocycles. The van der Waals surface area contributed by atoms with Crippen molar-refractivity contribution in [2.24, 2.45) is 0 Å². The fourth-order valence-corrected chi connectivity index (χ4v) is 2.52. The van der Waals surface area contributed by atoms with Gasteiger partial charge < -0.3 is 10.2 Å². The molecule has 1 N–H and O–H groups in total. The molecule has 1 atom stereocenters. The third kappa shape index (κ3) is 4.08. The van der Waals surface area contributed by atoms with Crippen molar-refractivity contribution >= 4 is 18.9 Å². The Hall–Kier alpha value is -0.960. The molecule has 0 saturated carbocycles. The van der Waals surface area contributed by atoms with E-state index in [1.165, 1.54) is 0 Å². The number of hydrogen-bond donors (Lipinski definition) is 1. The lowest BCUT2D eigenvalue weighted by atomic mass is 10.3. The number of nitrogens with one attached hydrogen (secondary N) is 1. The Morgan fingerprint density at radius 2 is 1.76 bits per heavy atom. The first-order chi connectivity index (χ1) is 8.06. The lowest BCUT2D eigenvalue weighted by Gasteiger charge is -2.11. The largest absolute Gasteiger partial charge is 0.474 e. The molecule has 0 fully saturated rings. The van der Waals surface area contributed by atoms with E-state index < -0.39 is 7.95 Å². The van der Waals surface area contributed by atoms with Gasteiger partial charge in [-0.1, -0.05) is 4.67 Å². The second-order valence-electron chi connectivity index (χ2n) is 4.17. The number of hydrogen-bond acceptors (Lipinski definition) is 3. The van der Waals surface area contributed by atoms with Crippen LogP contribution in [0.2, 0.25) is 0 Å². The van der Waals surface area contributed by atoms with E-state index in [1.54, 1.807) is 0 Å². The molecule has 0 aromatic heterocycles. The molecule has 1 aromatic rings. The lowest BCUT2D eigenvalue weighted by Crippen LogP contribution is -2.24. The normalized spacial score (nSPS) is 11.7. The highest BCUT2D eigenvalue weighted by Crippen LogP contribution is 2.24. The number of nitrogens with zero attached hydrogens (tertiary/aromatic N) is 2. The van der Waals surface area contributed by atoms with Gasteiger partial charge in [0.15, 0.2) is 0 Å². The third-order valence-corrected chi connectivity index (χ3v) is 4.14. The summed E-state index contributed by atoms with van der Waals surface area (Å²) in [6.07, 6.45) is 0. The first-order valence-corrected chi connectivity index (χ1v) is 6.87. The van der Waals surface area contributed by atoms with Crippen molar-refractivity contribution in [1.82, 2.24) is 9.99 Å². The summed E-state index contributed by atoms with van der Waals surface area (Å²) in [5.74, 6) is 0. The van der Waals surface area contributed by atoms with Gasteiger partial charge in [-0.3, -0.25) is 0 Å². The summed E-state index contributed by atoms with van der Waals surface area (Å²) in [5.41, 5.74) is 1.12. The first kappa shape index (κ1) is 14.1. The molecule has 1 unspecified atom stereocenters. The van der Waals surface area contributed by atoms with E-state index in [9.17, 15) is 4.57 Å². The standard InChI is InChI=1S/C12H21N3OP/c1-13-9-10-15(4)17(16)12-7-5-11(6-8-12)14(2)3/h5-8,13H,9-10H2,1-4H3/q+1. The Labute approximate surface area is 104 Å². The van der Waals surface area contributed by atoms with E-state index in [1.807, 2.05) is 62.0 Å². The van der Waals surface area contributed by atoms with Crippen LogP contribution in [-0.2, 0) is 4.57 Å². The van der Waals surface area contributed by atoms with Crippen molar-refractivity contribution in [3.63, 3.8) is 0 Å². The maximum Gasteiger partial charge on any atom is 0.474 e. The maximum absolute atomic E-state index is 12.2. The summed E-state index contributed by atoms with van der Waals surface area (Å²) in [5, 5.41) is 3.93. The Balaban J connectivity index is 2.69. The van der Waals surface area contributed by atoms with E-state index in [0.717, 1.165) is 24.1 Å². The fourth-order valence-electron chi connectivity index (χ4n) is 1.44. The van der Waals surface area contributed by atoms with Crippen LogP contribution in [0.3, 0.4) is 0 Å². The second kappa shape index (κ2) is 6.70. The van der Waals surface area contributed by atoms with Crippen LogP contribution in [0.5, 0.6) is 0 Å². The molecule has 0 aliphatic heterocycles. The van der Waals surface area contributed by atoms with Crippen LogP contribution in [0.15, 0.2) is 24.3 Å². The van der Waals surface area contributed by atoms with Crippen LogP contribution in [0, 0.1) is 0 Å². The highest BCUT2D eigenvalue weighted by molar-refractivity contribution is 7.51. The maximum atomic E-state index is 12.2. The van der Waals surface area contributed by atoms with Gasteiger partial charge in [-0.05, 0) is 35.9 Å². The second-order valence-corrected chi connectivity index (χ2v) is 5.91. The minimum Gasteiger partial charge on any atom is -0.378 e. The van der Waals surface area contributed by atoms with E-state index >= 15 is 0 Å². The third-order valence-electron chi connectivity index (χ3n) is 2.58. The van der Waals surface area contributed by atoms with Gasteiger partial charge in [0.05, 0.1) is 6.54 Å². The molecule has 5 heteroatoms. The van der Waals surface area contributed by atoms with Crippen molar-refractivity contribution in [2.45, 2.75) is 0 Å². The quantitative estimate of drug-likeness (QED) is 0.776. The molecule has 4 nitrogen and oxygen atoms in total. The van der Waals surface area contributed by atoms with Gasteiger partial charge in [-0.2, -0.15) is 0 Å². The van der Waals surface area contributed by atoms with Gasteiger partial charge >= 0.3 is 7.95 Å². The van der Waals surface area contributed by atoms with Crippen molar-refractivity contribution in [2.75, 3.05) is 46.2 Å². The van der Waals surface area contributed by atoms with Gasteiger partial charge in [0.2, 0.25) is 5.30 Å². The Morgan fingerprint density at radius 3 is 2.24 bits per heavy atom. The average Bonchev–Trinajstić information content (AvgIpc) is 2.35. The molecule has 0 radical (unpaired) electrons. The lowest BCUT2D eigenvalue weighted by molar-refractivity contribution is 0.488. The van der Waals surface area contributed by atoms with Crippen LogP contribution in [0.1, 0.15) is 0 Å². The molecule has 0 amide bonds. The monoisotopic (exact) mass is 254 g/mol. The van der Waals surface area contributed by atoms with Crippen molar-refractivity contribution in [3.05, 3.63) is 24.3 Å². The summed E-state index contributed by atoms with van der Waals surface area (Å²) < 4.78 is 14.0. The van der Waals surface area contributed by atoms with E-state index in [4.69, 9.17) is 0 Å². The highest BCUT2D eigenvalue weighted by atomic mass is 31.1. The molecule has 1 aromatic carbocycles. The zero-order valence-corrected chi connectivity index (χ0v) is 11.9.